The molecule has 0 rings (SSSR count). The minimum Gasteiger partial charge on any atom is -0.383 e. The van der Waals surface area contributed by atoms with Gasteiger partial charge < -0.3 is 5.32 Å². The second-order valence-corrected chi connectivity index (χ2v) is 5.11. The van der Waals surface area contributed by atoms with E-state index < -0.39 is 0 Å². The summed E-state index contributed by atoms with van der Waals surface area (Å²) in [6, 6.07) is 0. The Bertz CT molecular complexity index is 249. The van der Waals surface area contributed by atoms with Gasteiger partial charge in [-0.15, -0.1) is 19.7 Å². The summed E-state index contributed by atoms with van der Waals surface area (Å²) >= 11 is 0. The Morgan fingerprint density at radius 1 is 1.00 bits per heavy atom. The second-order valence-electron chi connectivity index (χ2n) is 3.61. The molecule has 4 heteroatoms. The summed E-state index contributed by atoms with van der Waals surface area (Å²) < 4.78 is 0. The van der Waals surface area contributed by atoms with Crippen LogP contribution in [0.25, 0.3) is 0 Å². The molecule has 0 bridgehead atoms. The molecular formula is C12H23N3Si. The molecule has 3 N–H and O–H groups in total. The van der Waals surface area contributed by atoms with Gasteiger partial charge in [0.25, 0.3) is 0 Å². The Morgan fingerprint density at radius 2 is 1.44 bits per heavy atom. The van der Waals surface area contributed by atoms with Crippen LogP contribution in [-0.4, -0.2) is 35.2 Å². The van der Waals surface area contributed by atoms with E-state index in [4.69, 9.17) is 0 Å². The topological polar surface area (TPSA) is 36.1 Å². The molecule has 0 aromatic rings. The molecule has 0 heterocycles. The third-order valence-electron chi connectivity index (χ3n) is 2.26. The van der Waals surface area contributed by atoms with E-state index in [2.05, 4.69) is 42.3 Å². The van der Waals surface area contributed by atoms with Gasteiger partial charge in [0.05, 0.1) is 15.5 Å². The molecule has 0 aromatic carbocycles. The van der Waals surface area contributed by atoms with Gasteiger partial charge in [-0.1, -0.05) is 24.8 Å². The van der Waals surface area contributed by atoms with E-state index in [1.165, 1.54) is 0 Å². The summed E-state index contributed by atoms with van der Waals surface area (Å²) in [7, 11) is 0.883. The van der Waals surface area contributed by atoms with Crippen molar-refractivity contribution in [2.24, 2.45) is 0 Å². The largest absolute Gasteiger partial charge is 0.383 e. The summed E-state index contributed by atoms with van der Waals surface area (Å²) in [5, 5.41) is 9.73. The first-order chi connectivity index (χ1) is 7.60. The number of hydrogen-bond donors (Lipinski definition) is 3. The van der Waals surface area contributed by atoms with E-state index in [0.717, 1.165) is 29.0 Å². The molecule has 90 valence electrons. The zero-order chi connectivity index (χ0) is 12.4. The van der Waals surface area contributed by atoms with Crippen molar-refractivity contribution in [2.45, 2.75) is 5.29 Å². The first-order valence-corrected chi connectivity index (χ1v) is 6.36. The van der Waals surface area contributed by atoms with Crippen LogP contribution in [0.15, 0.2) is 50.2 Å². The average molecular weight is 237 g/mol. The maximum Gasteiger partial charge on any atom is 0.0866 e. The summed E-state index contributed by atoms with van der Waals surface area (Å²) in [6.07, 6.45) is 5.49. The Morgan fingerprint density at radius 3 is 1.81 bits per heavy atom. The van der Waals surface area contributed by atoms with Crippen LogP contribution in [-0.2, 0) is 0 Å². The van der Waals surface area contributed by atoms with Gasteiger partial charge in [0.15, 0.2) is 0 Å². The first-order valence-electron chi connectivity index (χ1n) is 5.36. The van der Waals surface area contributed by atoms with E-state index >= 15 is 0 Å². The fourth-order valence-electron chi connectivity index (χ4n) is 1.20. The quantitative estimate of drug-likeness (QED) is 0.281. The molecule has 0 saturated carbocycles. The highest BCUT2D eigenvalue weighted by Crippen LogP contribution is 2.04. The monoisotopic (exact) mass is 237 g/mol. The van der Waals surface area contributed by atoms with Crippen molar-refractivity contribution < 1.29 is 0 Å². The zero-order valence-corrected chi connectivity index (χ0v) is 12.2. The van der Waals surface area contributed by atoms with Crippen LogP contribution in [0, 0.1) is 0 Å². The molecule has 0 fully saturated rings. The SMILES string of the molecule is C=CCNC(=C)C([SiH3])(NCC=C)NCC=C. The highest BCUT2D eigenvalue weighted by molar-refractivity contribution is 6.17. The smallest absolute Gasteiger partial charge is 0.0866 e. The predicted molar refractivity (Wildman–Crippen MR) is 76.4 cm³/mol. The highest BCUT2D eigenvalue weighted by atomic mass is 28.1. The molecule has 0 spiro atoms. The minimum absolute atomic E-state index is 0.245. The van der Waals surface area contributed by atoms with Gasteiger partial charge in [0.1, 0.15) is 0 Å². The number of rotatable bonds is 10. The van der Waals surface area contributed by atoms with Crippen molar-refractivity contribution in [2.75, 3.05) is 19.6 Å². The molecule has 0 amide bonds. The van der Waals surface area contributed by atoms with E-state index in [1.54, 1.807) is 0 Å². The first kappa shape index (κ1) is 14.9. The lowest BCUT2D eigenvalue weighted by Crippen LogP contribution is -2.61. The van der Waals surface area contributed by atoms with E-state index in [1.807, 2.05) is 18.2 Å². The fraction of sp³-hybridized carbons (Fsp3) is 0.333. The molecule has 0 aliphatic carbocycles. The van der Waals surface area contributed by atoms with Crippen LogP contribution in [0.2, 0.25) is 0 Å². The van der Waals surface area contributed by atoms with Crippen LogP contribution >= 0.6 is 0 Å². The number of nitrogens with one attached hydrogen (secondary N) is 3. The fourth-order valence-corrected chi connectivity index (χ4v) is 1.79. The van der Waals surface area contributed by atoms with Crippen molar-refractivity contribution in [3.05, 3.63) is 50.2 Å². The zero-order valence-electron chi connectivity index (χ0n) is 10.2. The number of hydrogen-bond acceptors (Lipinski definition) is 3. The third kappa shape index (κ3) is 5.11. The molecule has 0 atom stereocenters. The Labute approximate surface area is 102 Å². The van der Waals surface area contributed by atoms with Gasteiger partial charge >= 0.3 is 0 Å². The van der Waals surface area contributed by atoms with Gasteiger partial charge in [-0.25, -0.2) is 0 Å². The van der Waals surface area contributed by atoms with Crippen LogP contribution < -0.4 is 16.0 Å². The van der Waals surface area contributed by atoms with Crippen LogP contribution in [0.5, 0.6) is 0 Å². The molecule has 16 heavy (non-hydrogen) atoms. The Balaban J connectivity index is 4.47. The van der Waals surface area contributed by atoms with E-state index in [-0.39, 0.29) is 5.29 Å². The van der Waals surface area contributed by atoms with Gasteiger partial charge in [-0.2, -0.15) is 0 Å². The summed E-state index contributed by atoms with van der Waals surface area (Å²) in [6.45, 7) is 17.3. The molecule has 0 aliphatic rings. The summed E-state index contributed by atoms with van der Waals surface area (Å²) in [5.41, 5.74) is 0.933. The molecule has 3 nitrogen and oxygen atoms in total. The standard InChI is InChI=1S/C12H23N3Si/c1-5-8-13-11(4)12(16,14-9-6-2)15-10-7-3/h5-7,13-15H,1-4,8-10H2,16H3. The van der Waals surface area contributed by atoms with Crippen molar-refractivity contribution in [1.82, 2.24) is 16.0 Å². The van der Waals surface area contributed by atoms with Gasteiger partial charge in [0.2, 0.25) is 0 Å². The van der Waals surface area contributed by atoms with Crippen molar-refractivity contribution >= 4 is 10.2 Å². The lowest BCUT2D eigenvalue weighted by atomic mass is 10.3. The molecule has 0 saturated heterocycles. The van der Waals surface area contributed by atoms with E-state index in [9.17, 15) is 0 Å². The van der Waals surface area contributed by atoms with Crippen LogP contribution in [0.3, 0.4) is 0 Å². The molecule has 0 aromatic heterocycles. The highest BCUT2D eigenvalue weighted by Gasteiger charge is 2.24. The molecule has 0 aliphatic heterocycles. The second kappa shape index (κ2) is 8.10. The van der Waals surface area contributed by atoms with Crippen molar-refractivity contribution in [1.29, 1.82) is 0 Å². The molecule has 0 unspecified atom stereocenters. The lowest BCUT2D eigenvalue weighted by molar-refractivity contribution is 0.439. The van der Waals surface area contributed by atoms with Gasteiger partial charge in [0, 0.05) is 25.3 Å². The normalized spacial score (nSPS) is 10.8. The van der Waals surface area contributed by atoms with Crippen LogP contribution in [0.4, 0.5) is 0 Å². The Kier molecular flexibility index (Phi) is 7.54. The molecular weight excluding hydrogens is 214 g/mol. The minimum atomic E-state index is -0.245. The maximum absolute atomic E-state index is 4.05. The maximum atomic E-state index is 4.05. The van der Waals surface area contributed by atoms with E-state index in [0.29, 0.717) is 6.54 Å². The summed E-state index contributed by atoms with van der Waals surface area (Å²) in [5.74, 6) is 0. The van der Waals surface area contributed by atoms with Gasteiger partial charge in [-0.3, -0.25) is 10.6 Å². The van der Waals surface area contributed by atoms with Gasteiger partial charge in [-0.05, 0) is 0 Å². The predicted octanol–water partition coefficient (Wildman–Crippen LogP) is -0.154. The van der Waals surface area contributed by atoms with Crippen molar-refractivity contribution in [3.8, 4) is 0 Å². The third-order valence-corrected chi connectivity index (χ3v) is 3.57. The van der Waals surface area contributed by atoms with Crippen LogP contribution in [0.1, 0.15) is 0 Å². The Hall–Kier alpha value is -1.10. The summed E-state index contributed by atoms with van der Waals surface area (Å²) in [4.78, 5) is 0. The molecule has 0 radical (unpaired) electrons. The lowest BCUT2D eigenvalue weighted by Gasteiger charge is -2.34. The average Bonchev–Trinajstić information content (AvgIpc) is 2.30. The van der Waals surface area contributed by atoms with Crippen molar-refractivity contribution in [3.63, 3.8) is 0 Å².